The molecule has 1 aromatic heterocycles. The summed E-state index contributed by atoms with van der Waals surface area (Å²) in [6.07, 6.45) is 3.28. The van der Waals surface area contributed by atoms with Gasteiger partial charge in [0.15, 0.2) is 0 Å². The second kappa shape index (κ2) is 13.3. The van der Waals surface area contributed by atoms with Crippen LogP contribution in [0.15, 0.2) is 22.7 Å². The number of ether oxygens (including phenoxy) is 1. The molecule has 6 nitrogen and oxygen atoms in total. The van der Waals surface area contributed by atoms with Crippen LogP contribution in [0.1, 0.15) is 61.3 Å². The lowest BCUT2D eigenvalue weighted by molar-refractivity contribution is -0.274. The Kier molecular flexibility index (Phi) is 11.4. The van der Waals surface area contributed by atoms with E-state index in [1.165, 1.54) is 11.6 Å². The number of hydrogen-bond donors (Lipinski definition) is 3. The van der Waals surface area contributed by atoms with E-state index in [1.807, 2.05) is 7.05 Å². The molecule has 0 aliphatic heterocycles. The fourth-order valence-electron chi connectivity index (χ4n) is 5.50. The number of fused-ring (bicyclic) bond motifs is 1. The van der Waals surface area contributed by atoms with Crippen LogP contribution in [0.25, 0.3) is 0 Å². The van der Waals surface area contributed by atoms with Gasteiger partial charge in [-0.25, -0.2) is 4.98 Å². The number of halogens is 6. The lowest BCUT2D eigenvalue weighted by Crippen LogP contribution is -2.36. The van der Waals surface area contributed by atoms with Crippen LogP contribution in [-0.2, 0) is 12.8 Å². The first-order chi connectivity index (χ1) is 16.2. The number of aryl methyl sites for hydroxylation is 1. The van der Waals surface area contributed by atoms with Crippen LogP contribution in [0.2, 0.25) is 0 Å². The van der Waals surface area contributed by atoms with Gasteiger partial charge in [0.05, 0.1) is 5.69 Å². The van der Waals surface area contributed by atoms with Crippen LogP contribution in [0.3, 0.4) is 0 Å². The zero-order valence-electron chi connectivity index (χ0n) is 20.0. The maximum atomic E-state index is 12.7. The summed E-state index contributed by atoms with van der Waals surface area (Å²) in [5.41, 5.74) is 8.77. The monoisotopic (exact) mass is 613 g/mol. The molecule has 0 radical (unpaired) electrons. The van der Waals surface area contributed by atoms with Crippen LogP contribution in [-0.4, -0.2) is 36.0 Å². The van der Waals surface area contributed by atoms with E-state index in [4.69, 9.17) is 5.73 Å². The molecule has 202 valence electrons. The highest BCUT2D eigenvalue weighted by Gasteiger charge is 2.34. The summed E-state index contributed by atoms with van der Waals surface area (Å²) >= 11 is 3.21. The molecule has 12 heteroatoms. The minimum atomic E-state index is -4.71. The van der Waals surface area contributed by atoms with Crippen molar-refractivity contribution in [2.75, 3.05) is 24.6 Å². The van der Waals surface area contributed by atoms with Gasteiger partial charge in [-0.1, -0.05) is 22.0 Å². The lowest BCUT2D eigenvalue weighted by atomic mass is 9.71. The molecular formula is C24H33BrCl2F3N5O. The SMILES string of the molecule is CNc1nc(N)nc2c1C([C@H]1CC[C@@H](NCCc3ccc(Br)cc3OC(F)(F)F)CC1)CCC2.Cl.Cl. The van der Waals surface area contributed by atoms with Gasteiger partial charge in [0.25, 0.3) is 0 Å². The summed E-state index contributed by atoms with van der Waals surface area (Å²) in [5, 5.41) is 6.76. The molecule has 2 aliphatic rings. The van der Waals surface area contributed by atoms with E-state index in [1.54, 1.807) is 12.1 Å². The number of rotatable bonds is 7. The van der Waals surface area contributed by atoms with E-state index in [2.05, 4.69) is 41.3 Å². The summed E-state index contributed by atoms with van der Waals surface area (Å²) in [5.74, 6) is 2.06. The molecule has 0 amide bonds. The van der Waals surface area contributed by atoms with Gasteiger partial charge in [-0.15, -0.1) is 38.0 Å². The zero-order valence-corrected chi connectivity index (χ0v) is 23.3. The first-order valence-electron chi connectivity index (χ1n) is 11.8. The Balaban J connectivity index is 0.00000228. The number of hydrogen-bond acceptors (Lipinski definition) is 6. The van der Waals surface area contributed by atoms with Crippen molar-refractivity contribution in [3.8, 4) is 5.75 Å². The second-order valence-electron chi connectivity index (χ2n) is 9.16. The van der Waals surface area contributed by atoms with Crippen molar-refractivity contribution in [2.24, 2.45) is 5.92 Å². The maximum Gasteiger partial charge on any atom is 0.573 e. The van der Waals surface area contributed by atoms with Crippen molar-refractivity contribution in [1.29, 1.82) is 0 Å². The van der Waals surface area contributed by atoms with Gasteiger partial charge in [0.1, 0.15) is 11.6 Å². The van der Waals surface area contributed by atoms with Gasteiger partial charge in [-0.2, -0.15) is 4.98 Å². The number of aromatic nitrogens is 2. The number of nitrogens with zero attached hydrogens (tertiary/aromatic N) is 2. The molecule has 36 heavy (non-hydrogen) atoms. The molecule has 1 atom stereocenters. The fourth-order valence-corrected chi connectivity index (χ4v) is 5.84. The highest BCUT2D eigenvalue weighted by Crippen LogP contribution is 2.45. The number of nitrogens with two attached hydrogens (primary N) is 1. The van der Waals surface area contributed by atoms with Gasteiger partial charge < -0.3 is 21.1 Å². The average molecular weight is 615 g/mol. The number of nitrogen functional groups attached to an aromatic ring is 1. The smallest absolute Gasteiger partial charge is 0.405 e. The zero-order chi connectivity index (χ0) is 24.3. The Bertz CT molecular complexity index is 989. The third kappa shape index (κ3) is 7.76. The van der Waals surface area contributed by atoms with Crippen LogP contribution in [0.4, 0.5) is 24.9 Å². The Labute approximate surface area is 230 Å². The quantitative estimate of drug-likeness (QED) is 0.334. The summed E-state index contributed by atoms with van der Waals surface area (Å²) < 4.78 is 43.0. The van der Waals surface area contributed by atoms with Crippen LogP contribution >= 0.6 is 40.7 Å². The molecule has 1 saturated carbocycles. The highest BCUT2D eigenvalue weighted by molar-refractivity contribution is 9.10. The molecular weight excluding hydrogens is 582 g/mol. The predicted molar refractivity (Wildman–Crippen MR) is 144 cm³/mol. The topological polar surface area (TPSA) is 85.1 Å². The molecule has 1 heterocycles. The average Bonchev–Trinajstić information content (AvgIpc) is 2.79. The van der Waals surface area contributed by atoms with E-state index in [-0.39, 0.29) is 30.6 Å². The molecule has 1 unspecified atom stereocenters. The number of nitrogens with one attached hydrogen (secondary N) is 2. The predicted octanol–water partition coefficient (Wildman–Crippen LogP) is 6.42. The van der Waals surface area contributed by atoms with E-state index < -0.39 is 6.36 Å². The Morgan fingerprint density at radius 3 is 2.50 bits per heavy atom. The Hall–Kier alpha value is -1.49. The van der Waals surface area contributed by atoms with Gasteiger partial charge in [0.2, 0.25) is 5.95 Å². The molecule has 4 rings (SSSR count). The number of alkyl halides is 3. The molecule has 4 N–H and O–H groups in total. The molecule has 2 aliphatic carbocycles. The summed E-state index contributed by atoms with van der Waals surface area (Å²) in [4.78, 5) is 8.95. The van der Waals surface area contributed by atoms with Crippen molar-refractivity contribution < 1.29 is 17.9 Å². The molecule has 1 fully saturated rings. The van der Waals surface area contributed by atoms with Crippen molar-refractivity contribution in [3.05, 3.63) is 39.5 Å². The van der Waals surface area contributed by atoms with Crippen molar-refractivity contribution >= 4 is 52.5 Å². The molecule has 1 aromatic carbocycles. The minimum absolute atomic E-state index is 0. The van der Waals surface area contributed by atoms with Gasteiger partial charge in [-0.3, -0.25) is 0 Å². The maximum absolute atomic E-state index is 12.7. The number of benzene rings is 1. The van der Waals surface area contributed by atoms with Gasteiger partial charge in [0, 0.05) is 23.1 Å². The Morgan fingerprint density at radius 2 is 1.83 bits per heavy atom. The molecule has 0 saturated heterocycles. The third-order valence-corrected chi connectivity index (χ3v) is 7.49. The normalized spacial score (nSPS) is 21.5. The largest absolute Gasteiger partial charge is 0.573 e. The third-order valence-electron chi connectivity index (χ3n) is 7.00. The summed E-state index contributed by atoms with van der Waals surface area (Å²) in [6, 6.07) is 5.15. The minimum Gasteiger partial charge on any atom is -0.405 e. The molecule has 0 bridgehead atoms. The number of anilines is 2. The van der Waals surface area contributed by atoms with Crippen LogP contribution < -0.4 is 21.1 Å². The van der Waals surface area contributed by atoms with E-state index in [0.717, 1.165) is 56.5 Å². The highest BCUT2D eigenvalue weighted by atomic mass is 79.9. The van der Waals surface area contributed by atoms with Crippen LogP contribution in [0, 0.1) is 5.92 Å². The van der Waals surface area contributed by atoms with Gasteiger partial charge >= 0.3 is 6.36 Å². The standard InChI is InChI=1S/C24H31BrF3N5O.2ClH/c1-30-22-21-18(3-2-4-19(21)32-23(29)33-22)14-6-9-17(10-7-14)31-12-11-15-5-8-16(25)13-20(15)34-24(26,27)28;;/h5,8,13-14,17-18,31H,2-4,6-7,9-12H2,1H3,(H3,29,30,32,33);2*1H/t14-,17+,18?;;. The van der Waals surface area contributed by atoms with Crippen molar-refractivity contribution in [1.82, 2.24) is 15.3 Å². The lowest BCUT2D eigenvalue weighted by Gasteiger charge is -2.37. The first-order valence-corrected chi connectivity index (χ1v) is 12.6. The van der Waals surface area contributed by atoms with E-state index >= 15 is 0 Å². The molecule has 2 aromatic rings. The summed E-state index contributed by atoms with van der Waals surface area (Å²) in [6.45, 7) is 0.606. The Morgan fingerprint density at radius 1 is 1.11 bits per heavy atom. The van der Waals surface area contributed by atoms with Crippen LogP contribution in [0.5, 0.6) is 5.75 Å². The summed E-state index contributed by atoms with van der Waals surface area (Å²) in [7, 11) is 1.88. The first kappa shape index (κ1) is 30.7. The van der Waals surface area contributed by atoms with E-state index in [9.17, 15) is 13.2 Å². The van der Waals surface area contributed by atoms with Gasteiger partial charge in [-0.05, 0) is 87.4 Å². The fraction of sp³-hybridized carbons (Fsp3) is 0.583. The molecule has 0 spiro atoms. The second-order valence-corrected chi connectivity index (χ2v) is 10.1. The van der Waals surface area contributed by atoms with Crippen molar-refractivity contribution in [3.63, 3.8) is 0 Å². The van der Waals surface area contributed by atoms with Crippen molar-refractivity contribution in [2.45, 2.75) is 69.7 Å². The van der Waals surface area contributed by atoms with E-state index in [0.29, 0.717) is 46.8 Å².